The van der Waals surface area contributed by atoms with Gasteiger partial charge in [0, 0.05) is 13.5 Å². The second kappa shape index (κ2) is 7.65. The molecule has 0 aromatic rings. The Labute approximate surface area is 92.3 Å². The summed E-state index contributed by atoms with van der Waals surface area (Å²) in [5.74, 6) is -0.144. The van der Waals surface area contributed by atoms with Crippen LogP contribution in [-0.4, -0.2) is 38.9 Å². The SMILES string of the molecule is COC(=O)CCCNCCC(C)(C)OC. The molecular weight excluding hydrogens is 194 g/mol. The fraction of sp³-hybridized carbons (Fsp3) is 0.909. The number of carbonyl (C=O) groups excluding carboxylic acids is 1. The number of carbonyl (C=O) groups is 1. The molecule has 0 aliphatic rings. The van der Waals surface area contributed by atoms with Crippen molar-refractivity contribution in [3.05, 3.63) is 0 Å². The van der Waals surface area contributed by atoms with E-state index in [2.05, 4.69) is 23.9 Å². The van der Waals surface area contributed by atoms with Gasteiger partial charge in [0.25, 0.3) is 0 Å². The molecule has 0 radical (unpaired) electrons. The van der Waals surface area contributed by atoms with E-state index in [1.54, 1.807) is 7.11 Å². The van der Waals surface area contributed by atoms with Crippen molar-refractivity contribution in [2.75, 3.05) is 27.3 Å². The highest BCUT2D eigenvalue weighted by molar-refractivity contribution is 5.68. The van der Waals surface area contributed by atoms with Crippen molar-refractivity contribution in [2.45, 2.75) is 38.7 Å². The van der Waals surface area contributed by atoms with Crippen LogP contribution in [0.5, 0.6) is 0 Å². The van der Waals surface area contributed by atoms with E-state index in [1.807, 2.05) is 0 Å². The predicted octanol–water partition coefficient (Wildman–Crippen LogP) is 1.34. The molecule has 0 aromatic carbocycles. The van der Waals surface area contributed by atoms with Crippen LogP contribution in [0.2, 0.25) is 0 Å². The van der Waals surface area contributed by atoms with Crippen molar-refractivity contribution in [1.29, 1.82) is 0 Å². The molecule has 0 aliphatic heterocycles. The van der Waals surface area contributed by atoms with Gasteiger partial charge in [-0.1, -0.05) is 0 Å². The number of ether oxygens (including phenoxy) is 2. The van der Waals surface area contributed by atoms with Gasteiger partial charge in [-0.15, -0.1) is 0 Å². The summed E-state index contributed by atoms with van der Waals surface area (Å²) in [7, 11) is 3.13. The second-order valence-electron chi connectivity index (χ2n) is 4.14. The van der Waals surface area contributed by atoms with Crippen LogP contribution in [0, 0.1) is 0 Å². The zero-order valence-corrected chi connectivity index (χ0v) is 10.3. The maximum absolute atomic E-state index is 10.8. The molecule has 0 rings (SSSR count). The van der Waals surface area contributed by atoms with E-state index in [0.29, 0.717) is 6.42 Å². The van der Waals surface area contributed by atoms with E-state index in [4.69, 9.17) is 4.74 Å². The smallest absolute Gasteiger partial charge is 0.305 e. The summed E-state index contributed by atoms with van der Waals surface area (Å²) in [5.41, 5.74) is -0.0741. The van der Waals surface area contributed by atoms with Crippen LogP contribution in [0.25, 0.3) is 0 Å². The summed E-state index contributed by atoms with van der Waals surface area (Å²) in [6.45, 7) is 5.86. The minimum absolute atomic E-state index is 0.0741. The van der Waals surface area contributed by atoms with Gasteiger partial charge in [-0.3, -0.25) is 4.79 Å². The van der Waals surface area contributed by atoms with E-state index < -0.39 is 0 Å². The summed E-state index contributed by atoms with van der Waals surface area (Å²) >= 11 is 0. The van der Waals surface area contributed by atoms with Crippen LogP contribution in [0.1, 0.15) is 33.1 Å². The molecule has 0 aromatic heterocycles. The summed E-state index contributed by atoms with van der Waals surface area (Å²) in [6.07, 6.45) is 2.26. The monoisotopic (exact) mass is 217 g/mol. The lowest BCUT2D eigenvalue weighted by atomic mass is 10.1. The van der Waals surface area contributed by atoms with Gasteiger partial charge in [0.05, 0.1) is 12.7 Å². The summed E-state index contributed by atoms with van der Waals surface area (Å²) in [4.78, 5) is 10.8. The number of hydrogen-bond acceptors (Lipinski definition) is 4. The summed E-state index contributed by atoms with van der Waals surface area (Å²) < 4.78 is 9.83. The molecule has 1 N–H and O–H groups in total. The fourth-order valence-corrected chi connectivity index (χ4v) is 1.08. The zero-order chi connectivity index (χ0) is 11.7. The molecule has 90 valence electrons. The highest BCUT2D eigenvalue weighted by atomic mass is 16.5. The maximum atomic E-state index is 10.8. The van der Waals surface area contributed by atoms with Crippen LogP contribution >= 0.6 is 0 Å². The first-order valence-electron chi connectivity index (χ1n) is 5.34. The molecule has 0 heterocycles. The summed E-state index contributed by atoms with van der Waals surface area (Å²) in [5, 5.41) is 3.27. The number of methoxy groups -OCH3 is 2. The van der Waals surface area contributed by atoms with Crippen molar-refractivity contribution in [2.24, 2.45) is 0 Å². The van der Waals surface area contributed by atoms with Crippen LogP contribution in [-0.2, 0) is 14.3 Å². The minimum Gasteiger partial charge on any atom is -0.469 e. The first kappa shape index (κ1) is 14.4. The van der Waals surface area contributed by atoms with Crippen LogP contribution in [0.15, 0.2) is 0 Å². The van der Waals surface area contributed by atoms with Gasteiger partial charge in [-0.2, -0.15) is 0 Å². The molecule has 0 fully saturated rings. The van der Waals surface area contributed by atoms with Crippen LogP contribution < -0.4 is 5.32 Å². The molecule has 0 unspecified atom stereocenters. The molecule has 0 bridgehead atoms. The van der Waals surface area contributed by atoms with E-state index in [0.717, 1.165) is 25.9 Å². The Hall–Kier alpha value is -0.610. The molecule has 4 nitrogen and oxygen atoms in total. The number of rotatable bonds is 8. The van der Waals surface area contributed by atoms with Gasteiger partial charge in [0.2, 0.25) is 0 Å². The molecule has 0 amide bonds. The van der Waals surface area contributed by atoms with Crippen molar-refractivity contribution in [1.82, 2.24) is 5.32 Å². The topological polar surface area (TPSA) is 47.6 Å². The van der Waals surface area contributed by atoms with Gasteiger partial charge in [0.1, 0.15) is 0 Å². The van der Waals surface area contributed by atoms with Gasteiger partial charge in [-0.05, 0) is 39.8 Å². The Morgan fingerprint density at radius 3 is 2.47 bits per heavy atom. The van der Waals surface area contributed by atoms with E-state index in [1.165, 1.54) is 7.11 Å². The predicted molar refractivity (Wildman–Crippen MR) is 59.8 cm³/mol. The van der Waals surface area contributed by atoms with Crippen molar-refractivity contribution in [3.63, 3.8) is 0 Å². The third-order valence-corrected chi connectivity index (χ3v) is 2.42. The third-order valence-electron chi connectivity index (χ3n) is 2.42. The highest BCUT2D eigenvalue weighted by Crippen LogP contribution is 2.11. The van der Waals surface area contributed by atoms with Crippen LogP contribution in [0.3, 0.4) is 0 Å². The van der Waals surface area contributed by atoms with Crippen molar-refractivity contribution < 1.29 is 14.3 Å². The summed E-state index contributed by atoms with van der Waals surface area (Å²) in [6, 6.07) is 0. The van der Waals surface area contributed by atoms with Gasteiger partial charge in [0.15, 0.2) is 0 Å². The van der Waals surface area contributed by atoms with Crippen molar-refractivity contribution >= 4 is 5.97 Å². The lowest BCUT2D eigenvalue weighted by Crippen LogP contribution is -2.29. The standard InChI is InChI=1S/C11H23NO3/c1-11(2,15-4)7-9-12-8-5-6-10(13)14-3/h12H,5-9H2,1-4H3. The van der Waals surface area contributed by atoms with Gasteiger partial charge < -0.3 is 14.8 Å². The minimum atomic E-state index is -0.144. The molecule has 0 spiro atoms. The molecule has 0 aliphatic carbocycles. The van der Waals surface area contributed by atoms with E-state index in [9.17, 15) is 4.79 Å². The molecule has 0 saturated heterocycles. The molecule has 4 heteroatoms. The Balaban J connectivity index is 3.29. The quantitative estimate of drug-likeness (QED) is 0.492. The van der Waals surface area contributed by atoms with E-state index in [-0.39, 0.29) is 11.6 Å². The average Bonchev–Trinajstić information content (AvgIpc) is 2.22. The Bertz CT molecular complexity index is 181. The molecule has 15 heavy (non-hydrogen) atoms. The average molecular weight is 217 g/mol. The lowest BCUT2D eigenvalue weighted by molar-refractivity contribution is -0.140. The molecular formula is C11H23NO3. The fourth-order valence-electron chi connectivity index (χ4n) is 1.08. The van der Waals surface area contributed by atoms with Gasteiger partial charge >= 0.3 is 5.97 Å². The Kier molecular flexibility index (Phi) is 7.34. The third kappa shape index (κ3) is 8.39. The number of nitrogens with one attached hydrogen (secondary N) is 1. The number of esters is 1. The Morgan fingerprint density at radius 1 is 1.27 bits per heavy atom. The number of hydrogen-bond donors (Lipinski definition) is 1. The maximum Gasteiger partial charge on any atom is 0.305 e. The lowest BCUT2D eigenvalue weighted by Gasteiger charge is -2.22. The highest BCUT2D eigenvalue weighted by Gasteiger charge is 2.14. The second-order valence-corrected chi connectivity index (χ2v) is 4.14. The molecule has 0 atom stereocenters. The van der Waals surface area contributed by atoms with E-state index >= 15 is 0 Å². The Morgan fingerprint density at radius 2 is 1.93 bits per heavy atom. The van der Waals surface area contributed by atoms with Gasteiger partial charge in [-0.25, -0.2) is 0 Å². The van der Waals surface area contributed by atoms with Crippen LogP contribution in [0.4, 0.5) is 0 Å². The molecule has 0 saturated carbocycles. The first-order chi connectivity index (χ1) is 7.02. The normalized spacial score (nSPS) is 11.5. The zero-order valence-electron chi connectivity index (χ0n) is 10.3. The largest absolute Gasteiger partial charge is 0.469 e. The first-order valence-corrected chi connectivity index (χ1v) is 5.34. The van der Waals surface area contributed by atoms with Crippen molar-refractivity contribution in [3.8, 4) is 0 Å².